The van der Waals surface area contributed by atoms with Crippen molar-refractivity contribution in [2.24, 2.45) is 11.7 Å². The summed E-state index contributed by atoms with van der Waals surface area (Å²) >= 11 is 0. The lowest BCUT2D eigenvalue weighted by Gasteiger charge is -2.30. The van der Waals surface area contributed by atoms with Crippen molar-refractivity contribution in [3.8, 4) is 0 Å². The van der Waals surface area contributed by atoms with E-state index >= 15 is 0 Å². The van der Waals surface area contributed by atoms with Crippen molar-refractivity contribution < 1.29 is 0 Å². The van der Waals surface area contributed by atoms with Gasteiger partial charge >= 0.3 is 0 Å². The first-order valence-corrected chi connectivity index (χ1v) is 7.50. The number of hydrogen-bond acceptors (Lipinski definition) is 2. The van der Waals surface area contributed by atoms with Crippen LogP contribution in [0.5, 0.6) is 0 Å². The van der Waals surface area contributed by atoms with E-state index in [2.05, 4.69) is 44.9 Å². The summed E-state index contributed by atoms with van der Waals surface area (Å²) < 4.78 is 0. The van der Waals surface area contributed by atoms with E-state index in [-0.39, 0.29) is 0 Å². The molecule has 0 saturated heterocycles. The molecule has 0 aromatic heterocycles. The molecule has 2 heteroatoms. The van der Waals surface area contributed by atoms with Crippen LogP contribution in [0.4, 0.5) is 0 Å². The van der Waals surface area contributed by atoms with Crippen LogP contribution in [0, 0.1) is 26.7 Å². The topological polar surface area (TPSA) is 29.3 Å². The Kier molecular flexibility index (Phi) is 4.64. The van der Waals surface area contributed by atoms with Gasteiger partial charge < -0.3 is 5.73 Å². The van der Waals surface area contributed by atoms with Crippen LogP contribution in [0.15, 0.2) is 12.1 Å². The van der Waals surface area contributed by atoms with Gasteiger partial charge in [-0.15, -0.1) is 0 Å². The van der Waals surface area contributed by atoms with Crippen LogP contribution in [0.1, 0.15) is 41.5 Å². The summed E-state index contributed by atoms with van der Waals surface area (Å²) in [6.07, 6.45) is 3.95. The highest BCUT2D eigenvalue weighted by Gasteiger charge is 2.29. The second-order valence-corrected chi connectivity index (χ2v) is 6.29. The van der Waals surface area contributed by atoms with Crippen molar-refractivity contribution in [2.75, 3.05) is 13.6 Å². The second-order valence-electron chi connectivity index (χ2n) is 6.29. The zero-order valence-corrected chi connectivity index (χ0v) is 12.9. The number of nitrogens with two attached hydrogens (primary N) is 1. The molecule has 106 valence electrons. The number of nitrogens with zero attached hydrogens (tertiary/aromatic N) is 1. The van der Waals surface area contributed by atoms with Crippen LogP contribution in [0.25, 0.3) is 0 Å². The van der Waals surface area contributed by atoms with Crippen molar-refractivity contribution in [1.29, 1.82) is 0 Å². The fraction of sp³-hybridized carbons (Fsp3) is 0.647. The first kappa shape index (κ1) is 14.5. The van der Waals surface area contributed by atoms with Gasteiger partial charge in [0.1, 0.15) is 0 Å². The molecule has 0 spiro atoms. The first-order valence-electron chi connectivity index (χ1n) is 7.50. The van der Waals surface area contributed by atoms with Crippen molar-refractivity contribution in [3.05, 3.63) is 34.4 Å². The van der Waals surface area contributed by atoms with E-state index in [4.69, 9.17) is 5.73 Å². The molecule has 2 nitrogen and oxygen atoms in total. The van der Waals surface area contributed by atoms with Gasteiger partial charge in [-0.1, -0.05) is 24.1 Å². The van der Waals surface area contributed by atoms with Gasteiger partial charge in [-0.3, -0.25) is 4.90 Å². The molecule has 1 fully saturated rings. The van der Waals surface area contributed by atoms with Crippen molar-refractivity contribution in [2.45, 2.75) is 52.6 Å². The highest BCUT2D eigenvalue weighted by Crippen LogP contribution is 2.30. The fourth-order valence-electron chi connectivity index (χ4n) is 3.70. The smallest absolute Gasteiger partial charge is 0.0239 e. The predicted octanol–water partition coefficient (Wildman–Crippen LogP) is 3.17. The minimum Gasteiger partial charge on any atom is -0.330 e. The summed E-state index contributed by atoms with van der Waals surface area (Å²) in [4.78, 5) is 2.52. The Hall–Kier alpha value is -0.860. The highest BCUT2D eigenvalue weighted by molar-refractivity contribution is 5.37. The van der Waals surface area contributed by atoms with Gasteiger partial charge in [0.05, 0.1) is 0 Å². The molecule has 1 aromatic carbocycles. The highest BCUT2D eigenvalue weighted by atomic mass is 15.1. The molecule has 2 unspecified atom stereocenters. The van der Waals surface area contributed by atoms with E-state index < -0.39 is 0 Å². The molecule has 1 aromatic rings. The van der Waals surface area contributed by atoms with E-state index in [1.165, 1.54) is 41.5 Å². The average Bonchev–Trinajstić information content (AvgIpc) is 2.81. The number of rotatable bonds is 4. The maximum Gasteiger partial charge on any atom is 0.0239 e. The molecule has 0 heterocycles. The third-order valence-corrected chi connectivity index (χ3v) is 4.74. The van der Waals surface area contributed by atoms with Gasteiger partial charge in [-0.25, -0.2) is 0 Å². The molecule has 0 radical (unpaired) electrons. The molecule has 19 heavy (non-hydrogen) atoms. The Morgan fingerprint density at radius 1 is 1.16 bits per heavy atom. The van der Waals surface area contributed by atoms with Crippen molar-refractivity contribution in [1.82, 2.24) is 4.90 Å². The molecule has 2 rings (SSSR count). The minimum atomic E-state index is 0.671. The summed E-state index contributed by atoms with van der Waals surface area (Å²) in [5, 5.41) is 0. The van der Waals surface area contributed by atoms with Gasteiger partial charge in [0, 0.05) is 12.6 Å². The van der Waals surface area contributed by atoms with Crippen molar-refractivity contribution in [3.63, 3.8) is 0 Å². The first-order chi connectivity index (χ1) is 9.02. The molecule has 2 atom stereocenters. The third-order valence-electron chi connectivity index (χ3n) is 4.74. The third kappa shape index (κ3) is 3.18. The maximum absolute atomic E-state index is 5.91. The normalized spacial score (nSPS) is 23.3. The van der Waals surface area contributed by atoms with E-state index in [0.717, 1.165) is 13.1 Å². The Balaban J connectivity index is 2.13. The zero-order valence-electron chi connectivity index (χ0n) is 12.9. The van der Waals surface area contributed by atoms with Crippen LogP contribution < -0.4 is 5.73 Å². The molecule has 1 aliphatic carbocycles. The number of benzene rings is 1. The standard InChI is InChI=1S/C17H28N2/c1-12-8-13(2)16(14(3)9-12)11-19(4)17-7-5-6-15(17)10-18/h8-9,15,17H,5-7,10-11,18H2,1-4H3. The molecule has 1 aliphatic rings. The summed E-state index contributed by atoms with van der Waals surface area (Å²) in [6.45, 7) is 8.53. The van der Waals surface area contributed by atoms with Gasteiger partial charge in [-0.05, 0) is 69.8 Å². The zero-order chi connectivity index (χ0) is 14.0. The Morgan fingerprint density at radius 2 is 1.79 bits per heavy atom. The molecule has 0 amide bonds. The second kappa shape index (κ2) is 6.06. The lowest BCUT2D eigenvalue weighted by molar-refractivity contribution is 0.192. The average molecular weight is 260 g/mol. The Morgan fingerprint density at radius 3 is 2.37 bits per heavy atom. The predicted molar refractivity (Wildman–Crippen MR) is 82.3 cm³/mol. The van der Waals surface area contributed by atoms with Crippen LogP contribution in [-0.2, 0) is 6.54 Å². The monoisotopic (exact) mass is 260 g/mol. The number of aryl methyl sites for hydroxylation is 3. The van der Waals surface area contributed by atoms with Crippen LogP contribution in [-0.4, -0.2) is 24.5 Å². The Bertz CT molecular complexity index is 416. The summed E-state index contributed by atoms with van der Waals surface area (Å²) in [6, 6.07) is 5.27. The lowest BCUT2D eigenvalue weighted by Crippen LogP contribution is -2.37. The van der Waals surface area contributed by atoms with Crippen LogP contribution in [0.2, 0.25) is 0 Å². The SMILES string of the molecule is Cc1cc(C)c(CN(C)C2CCCC2CN)c(C)c1. The minimum absolute atomic E-state index is 0.671. The summed E-state index contributed by atoms with van der Waals surface area (Å²) in [7, 11) is 2.26. The Labute approximate surface area is 118 Å². The quantitative estimate of drug-likeness (QED) is 0.901. The number of hydrogen-bond donors (Lipinski definition) is 1. The lowest BCUT2D eigenvalue weighted by atomic mass is 9.97. The van der Waals surface area contributed by atoms with Gasteiger partial charge in [-0.2, -0.15) is 0 Å². The molecular formula is C17H28N2. The molecule has 0 aliphatic heterocycles. The molecule has 0 bridgehead atoms. The maximum atomic E-state index is 5.91. The fourth-order valence-corrected chi connectivity index (χ4v) is 3.70. The van der Waals surface area contributed by atoms with E-state index in [1.807, 2.05) is 0 Å². The van der Waals surface area contributed by atoms with Gasteiger partial charge in [0.25, 0.3) is 0 Å². The molecular weight excluding hydrogens is 232 g/mol. The summed E-state index contributed by atoms with van der Waals surface area (Å²) in [5.41, 5.74) is 11.6. The largest absolute Gasteiger partial charge is 0.330 e. The van der Waals surface area contributed by atoms with Crippen molar-refractivity contribution >= 4 is 0 Å². The van der Waals surface area contributed by atoms with Gasteiger partial charge in [0.15, 0.2) is 0 Å². The molecule has 2 N–H and O–H groups in total. The molecule has 1 saturated carbocycles. The van der Waals surface area contributed by atoms with Crippen LogP contribution >= 0.6 is 0 Å². The van der Waals surface area contributed by atoms with E-state index in [0.29, 0.717) is 12.0 Å². The van der Waals surface area contributed by atoms with Gasteiger partial charge in [0.2, 0.25) is 0 Å². The van der Waals surface area contributed by atoms with E-state index in [9.17, 15) is 0 Å². The van der Waals surface area contributed by atoms with Crippen LogP contribution in [0.3, 0.4) is 0 Å². The summed E-state index contributed by atoms with van der Waals surface area (Å²) in [5.74, 6) is 0.691. The van der Waals surface area contributed by atoms with E-state index in [1.54, 1.807) is 0 Å².